The number of hydrogen-bond acceptors (Lipinski definition) is 1. The molecule has 1 aliphatic rings. The Morgan fingerprint density at radius 1 is 0.944 bits per heavy atom. The van der Waals surface area contributed by atoms with Crippen molar-refractivity contribution in [1.29, 1.82) is 0 Å². The molecule has 1 aliphatic heterocycles. The minimum atomic E-state index is 0.501. The molecule has 2 aromatic carbocycles. The smallest absolute Gasteiger partial charge is 0.0352 e. The molecule has 1 heterocycles. The number of hydrogen-bond donors (Lipinski definition) is 1. The summed E-state index contributed by atoms with van der Waals surface area (Å²) in [5.41, 5.74) is 4.12. The molecule has 2 atom stereocenters. The van der Waals surface area contributed by atoms with Crippen molar-refractivity contribution in [2.45, 2.75) is 19.4 Å². The lowest BCUT2D eigenvalue weighted by atomic mass is 9.89. The maximum Gasteiger partial charge on any atom is 0.0352 e. The monoisotopic (exact) mass is 237 g/mol. The average Bonchev–Trinajstić information content (AvgIpc) is 2.86. The molecule has 0 aromatic heterocycles. The number of nitrogens with one attached hydrogen (secondary N) is 1. The molecule has 2 unspecified atom stereocenters. The van der Waals surface area contributed by atoms with Crippen LogP contribution in [-0.2, 0) is 0 Å². The van der Waals surface area contributed by atoms with E-state index in [0.29, 0.717) is 6.04 Å². The zero-order chi connectivity index (χ0) is 12.4. The van der Waals surface area contributed by atoms with Gasteiger partial charge in [0.05, 0.1) is 0 Å². The van der Waals surface area contributed by atoms with Crippen molar-refractivity contribution in [2.75, 3.05) is 6.54 Å². The normalized spacial score (nSPS) is 23.2. The molecule has 0 spiro atoms. The Morgan fingerprint density at radius 2 is 1.67 bits per heavy atom. The topological polar surface area (TPSA) is 12.0 Å². The zero-order valence-corrected chi connectivity index (χ0v) is 10.8. The van der Waals surface area contributed by atoms with Gasteiger partial charge in [0.2, 0.25) is 0 Å². The van der Waals surface area contributed by atoms with Gasteiger partial charge in [0, 0.05) is 6.04 Å². The summed E-state index contributed by atoms with van der Waals surface area (Å²) in [5.74, 6) is 0.717. The highest BCUT2D eigenvalue weighted by molar-refractivity contribution is 5.68. The van der Waals surface area contributed by atoms with Crippen LogP contribution < -0.4 is 5.32 Å². The number of rotatable bonds is 2. The van der Waals surface area contributed by atoms with E-state index >= 15 is 0 Å². The Balaban J connectivity index is 2.05. The molecule has 0 radical (unpaired) electrons. The molecule has 2 aromatic rings. The molecule has 1 N–H and O–H groups in total. The summed E-state index contributed by atoms with van der Waals surface area (Å²) in [5, 5.41) is 3.63. The molecule has 0 aliphatic carbocycles. The first-order chi connectivity index (χ1) is 8.86. The highest BCUT2D eigenvalue weighted by atomic mass is 14.9. The minimum absolute atomic E-state index is 0.501. The molecular formula is C17H19N. The molecule has 0 amide bonds. The maximum absolute atomic E-state index is 3.63. The van der Waals surface area contributed by atoms with Crippen LogP contribution in [0.3, 0.4) is 0 Å². The van der Waals surface area contributed by atoms with E-state index in [-0.39, 0.29) is 0 Å². The van der Waals surface area contributed by atoms with Crippen LogP contribution in [0.5, 0.6) is 0 Å². The van der Waals surface area contributed by atoms with Gasteiger partial charge in [-0.25, -0.2) is 0 Å². The Kier molecular flexibility index (Phi) is 3.16. The molecule has 0 bridgehead atoms. The quantitative estimate of drug-likeness (QED) is 0.831. The Bertz CT molecular complexity index is 518. The van der Waals surface area contributed by atoms with Crippen LogP contribution >= 0.6 is 0 Å². The predicted octanol–water partition coefficient (Wildman–Crippen LogP) is 4.02. The van der Waals surface area contributed by atoms with E-state index in [0.717, 1.165) is 12.5 Å². The van der Waals surface area contributed by atoms with Crippen LogP contribution in [0.15, 0.2) is 54.6 Å². The van der Waals surface area contributed by atoms with E-state index < -0.39 is 0 Å². The van der Waals surface area contributed by atoms with Gasteiger partial charge in [-0.15, -0.1) is 0 Å². The molecule has 1 nitrogen and oxygen atoms in total. The van der Waals surface area contributed by atoms with E-state index in [1.165, 1.54) is 23.1 Å². The fourth-order valence-corrected chi connectivity index (χ4v) is 2.90. The summed E-state index contributed by atoms with van der Waals surface area (Å²) in [6, 6.07) is 20.0. The summed E-state index contributed by atoms with van der Waals surface area (Å²) in [6.07, 6.45) is 1.27. The van der Waals surface area contributed by atoms with E-state index in [2.05, 4.69) is 66.8 Å². The lowest BCUT2D eigenvalue weighted by Gasteiger charge is -2.20. The summed E-state index contributed by atoms with van der Waals surface area (Å²) in [7, 11) is 0. The minimum Gasteiger partial charge on any atom is -0.310 e. The third-order valence-corrected chi connectivity index (χ3v) is 3.91. The molecule has 92 valence electrons. The summed E-state index contributed by atoms with van der Waals surface area (Å²) in [4.78, 5) is 0. The first-order valence-corrected chi connectivity index (χ1v) is 6.74. The highest BCUT2D eigenvalue weighted by Gasteiger charge is 2.26. The van der Waals surface area contributed by atoms with E-state index in [4.69, 9.17) is 0 Å². The second kappa shape index (κ2) is 4.95. The molecular weight excluding hydrogens is 218 g/mol. The largest absolute Gasteiger partial charge is 0.310 e. The maximum atomic E-state index is 3.63. The van der Waals surface area contributed by atoms with Gasteiger partial charge in [0.1, 0.15) is 0 Å². The van der Waals surface area contributed by atoms with Crippen LogP contribution in [0.25, 0.3) is 11.1 Å². The molecule has 1 heteroatoms. The molecule has 3 rings (SSSR count). The van der Waals surface area contributed by atoms with Crippen molar-refractivity contribution in [3.63, 3.8) is 0 Å². The van der Waals surface area contributed by atoms with E-state index in [1.807, 2.05) is 0 Å². The third-order valence-electron chi connectivity index (χ3n) is 3.91. The van der Waals surface area contributed by atoms with Crippen LogP contribution in [0.4, 0.5) is 0 Å². The van der Waals surface area contributed by atoms with Crippen molar-refractivity contribution >= 4 is 0 Å². The average molecular weight is 237 g/mol. The van der Waals surface area contributed by atoms with Crippen molar-refractivity contribution in [2.24, 2.45) is 5.92 Å². The summed E-state index contributed by atoms with van der Waals surface area (Å²) in [6.45, 7) is 3.47. The number of benzene rings is 2. The van der Waals surface area contributed by atoms with Gasteiger partial charge >= 0.3 is 0 Å². The van der Waals surface area contributed by atoms with Gasteiger partial charge in [-0.2, -0.15) is 0 Å². The van der Waals surface area contributed by atoms with E-state index in [1.54, 1.807) is 0 Å². The van der Waals surface area contributed by atoms with Crippen LogP contribution in [0, 0.1) is 5.92 Å². The SMILES string of the molecule is CC1CCNC1c1ccccc1-c1ccccc1. The van der Waals surface area contributed by atoms with Gasteiger partial charge in [-0.1, -0.05) is 61.5 Å². The van der Waals surface area contributed by atoms with Gasteiger partial charge in [-0.3, -0.25) is 0 Å². The van der Waals surface area contributed by atoms with Gasteiger partial charge in [-0.05, 0) is 35.6 Å². The fraction of sp³-hybridized carbons (Fsp3) is 0.294. The van der Waals surface area contributed by atoms with Gasteiger partial charge < -0.3 is 5.32 Å². The van der Waals surface area contributed by atoms with Crippen molar-refractivity contribution in [1.82, 2.24) is 5.32 Å². The molecule has 0 saturated carbocycles. The molecule has 1 fully saturated rings. The molecule has 1 saturated heterocycles. The van der Waals surface area contributed by atoms with Gasteiger partial charge in [0.25, 0.3) is 0 Å². The van der Waals surface area contributed by atoms with Crippen molar-refractivity contribution < 1.29 is 0 Å². The van der Waals surface area contributed by atoms with Crippen LogP contribution in [0.1, 0.15) is 24.9 Å². The second-order valence-corrected chi connectivity index (χ2v) is 5.15. The van der Waals surface area contributed by atoms with Crippen LogP contribution in [-0.4, -0.2) is 6.54 Å². The highest BCUT2D eigenvalue weighted by Crippen LogP contribution is 2.35. The lowest BCUT2D eigenvalue weighted by Crippen LogP contribution is -2.17. The van der Waals surface area contributed by atoms with Crippen LogP contribution in [0.2, 0.25) is 0 Å². The first kappa shape index (κ1) is 11.5. The Labute approximate surface area is 109 Å². The molecule has 18 heavy (non-hydrogen) atoms. The lowest BCUT2D eigenvalue weighted by molar-refractivity contribution is 0.505. The van der Waals surface area contributed by atoms with Crippen molar-refractivity contribution in [3.05, 3.63) is 60.2 Å². The standard InChI is InChI=1S/C17H19N/c1-13-11-12-18-17(13)16-10-6-5-9-15(16)14-7-3-2-4-8-14/h2-10,13,17-18H,11-12H2,1H3. The predicted molar refractivity (Wildman–Crippen MR) is 76.4 cm³/mol. The van der Waals surface area contributed by atoms with Crippen molar-refractivity contribution in [3.8, 4) is 11.1 Å². The fourth-order valence-electron chi connectivity index (χ4n) is 2.90. The summed E-state index contributed by atoms with van der Waals surface area (Å²) < 4.78 is 0. The summed E-state index contributed by atoms with van der Waals surface area (Å²) >= 11 is 0. The Hall–Kier alpha value is -1.60. The second-order valence-electron chi connectivity index (χ2n) is 5.15. The Morgan fingerprint density at radius 3 is 2.39 bits per heavy atom. The zero-order valence-electron chi connectivity index (χ0n) is 10.8. The van der Waals surface area contributed by atoms with E-state index in [9.17, 15) is 0 Å². The third kappa shape index (κ3) is 2.06. The van der Waals surface area contributed by atoms with Gasteiger partial charge in [0.15, 0.2) is 0 Å². The first-order valence-electron chi connectivity index (χ1n) is 6.74.